The van der Waals surface area contributed by atoms with Crippen LogP contribution in [0.25, 0.3) is 0 Å². The normalized spacial score (nSPS) is 13.9. The van der Waals surface area contributed by atoms with E-state index >= 15 is 0 Å². The lowest BCUT2D eigenvalue weighted by atomic mass is 9.90. The molecule has 1 heterocycles. The standard InChI is InChI=1S/C17H19FN4.HI/c18-13-8-9-14(20-10-13)11-21-17(19)22-16-7-3-5-12-4-1-2-6-15(12)16;/h3,5,7-10H,1-2,4,6,11H2,(H3,19,21,22);1H. The lowest BCUT2D eigenvalue weighted by Crippen LogP contribution is -2.24. The topological polar surface area (TPSA) is 63.3 Å². The minimum Gasteiger partial charge on any atom is -0.370 e. The number of hydrogen-bond donors (Lipinski definition) is 2. The molecule has 0 saturated heterocycles. The molecule has 0 amide bonds. The summed E-state index contributed by atoms with van der Waals surface area (Å²) in [6, 6.07) is 9.23. The number of nitrogens with zero attached hydrogens (tertiary/aromatic N) is 2. The van der Waals surface area contributed by atoms with Crippen LogP contribution in [-0.2, 0) is 19.4 Å². The van der Waals surface area contributed by atoms with Gasteiger partial charge in [0.05, 0.1) is 18.4 Å². The van der Waals surface area contributed by atoms with Crippen molar-refractivity contribution in [3.05, 3.63) is 59.2 Å². The number of fused-ring (bicyclic) bond motifs is 1. The van der Waals surface area contributed by atoms with Gasteiger partial charge in [-0.15, -0.1) is 24.0 Å². The number of halogens is 2. The smallest absolute Gasteiger partial charge is 0.193 e. The highest BCUT2D eigenvalue weighted by molar-refractivity contribution is 14.0. The number of hydrogen-bond acceptors (Lipinski definition) is 2. The van der Waals surface area contributed by atoms with Gasteiger partial charge in [0, 0.05) is 5.69 Å². The van der Waals surface area contributed by atoms with E-state index in [9.17, 15) is 4.39 Å². The Morgan fingerprint density at radius 1 is 1.22 bits per heavy atom. The largest absolute Gasteiger partial charge is 0.370 e. The van der Waals surface area contributed by atoms with Gasteiger partial charge in [0.15, 0.2) is 5.96 Å². The van der Waals surface area contributed by atoms with E-state index in [1.807, 2.05) is 12.1 Å². The fourth-order valence-corrected chi connectivity index (χ4v) is 2.74. The molecule has 6 heteroatoms. The molecule has 0 saturated carbocycles. The van der Waals surface area contributed by atoms with Crippen LogP contribution >= 0.6 is 24.0 Å². The third kappa shape index (κ3) is 4.63. The highest BCUT2D eigenvalue weighted by atomic mass is 127. The minimum absolute atomic E-state index is 0. The van der Waals surface area contributed by atoms with Gasteiger partial charge in [-0.25, -0.2) is 9.38 Å². The molecule has 4 nitrogen and oxygen atoms in total. The Morgan fingerprint density at radius 3 is 2.83 bits per heavy atom. The Bertz CT molecular complexity index is 685. The molecule has 0 spiro atoms. The molecule has 1 aromatic carbocycles. The van der Waals surface area contributed by atoms with Crippen molar-refractivity contribution >= 4 is 35.6 Å². The van der Waals surface area contributed by atoms with Crippen molar-refractivity contribution in [3.63, 3.8) is 0 Å². The van der Waals surface area contributed by atoms with Gasteiger partial charge in [-0.1, -0.05) is 12.1 Å². The highest BCUT2D eigenvalue weighted by Crippen LogP contribution is 2.27. The molecular weight excluding hydrogens is 406 g/mol. The summed E-state index contributed by atoms with van der Waals surface area (Å²) in [5.74, 6) is -0.000150. The fourth-order valence-electron chi connectivity index (χ4n) is 2.74. The van der Waals surface area contributed by atoms with Crippen LogP contribution in [0.4, 0.5) is 10.1 Å². The Hall–Kier alpha value is -1.70. The average Bonchev–Trinajstić information content (AvgIpc) is 2.55. The summed E-state index contributed by atoms with van der Waals surface area (Å²) in [5.41, 5.74) is 10.4. The van der Waals surface area contributed by atoms with Crippen molar-refractivity contribution in [1.82, 2.24) is 4.98 Å². The molecule has 1 aromatic heterocycles. The van der Waals surface area contributed by atoms with E-state index in [2.05, 4.69) is 21.4 Å². The Labute approximate surface area is 152 Å². The van der Waals surface area contributed by atoms with Crippen LogP contribution in [0.3, 0.4) is 0 Å². The van der Waals surface area contributed by atoms with Crippen molar-refractivity contribution in [2.45, 2.75) is 32.2 Å². The zero-order chi connectivity index (χ0) is 15.4. The van der Waals surface area contributed by atoms with Crippen molar-refractivity contribution in [3.8, 4) is 0 Å². The molecule has 122 valence electrons. The number of rotatable bonds is 3. The first-order valence-electron chi connectivity index (χ1n) is 7.50. The van der Waals surface area contributed by atoms with E-state index in [4.69, 9.17) is 5.73 Å². The van der Waals surface area contributed by atoms with Gasteiger partial charge in [0.2, 0.25) is 0 Å². The maximum Gasteiger partial charge on any atom is 0.193 e. The molecule has 0 bridgehead atoms. The van der Waals surface area contributed by atoms with Crippen molar-refractivity contribution in [2.24, 2.45) is 10.7 Å². The summed E-state index contributed by atoms with van der Waals surface area (Å²) in [6.07, 6.45) is 5.84. The third-order valence-electron chi connectivity index (χ3n) is 3.86. The Morgan fingerprint density at radius 2 is 2.04 bits per heavy atom. The first-order valence-corrected chi connectivity index (χ1v) is 7.50. The number of aryl methyl sites for hydroxylation is 1. The van der Waals surface area contributed by atoms with E-state index in [0.29, 0.717) is 18.2 Å². The zero-order valence-electron chi connectivity index (χ0n) is 12.8. The van der Waals surface area contributed by atoms with Gasteiger partial charge in [0.1, 0.15) is 5.82 Å². The maximum atomic E-state index is 12.8. The van der Waals surface area contributed by atoms with Crippen LogP contribution in [0.1, 0.15) is 29.7 Å². The van der Waals surface area contributed by atoms with Crippen molar-refractivity contribution in [1.29, 1.82) is 0 Å². The number of pyridine rings is 1. The molecule has 23 heavy (non-hydrogen) atoms. The molecule has 2 aromatic rings. The van der Waals surface area contributed by atoms with E-state index < -0.39 is 0 Å². The number of aliphatic imine (C=N–C) groups is 1. The summed E-state index contributed by atoms with van der Waals surface area (Å²) >= 11 is 0. The maximum absolute atomic E-state index is 12.8. The lowest BCUT2D eigenvalue weighted by Gasteiger charge is -2.19. The van der Waals surface area contributed by atoms with Crippen molar-refractivity contribution in [2.75, 3.05) is 5.32 Å². The summed E-state index contributed by atoms with van der Waals surface area (Å²) in [6.45, 7) is 0.328. The van der Waals surface area contributed by atoms with Crippen LogP contribution in [0.15, 0.2) is 41.5 Å². The number of guanidine groups is 1. The fraction of sp³-hybridized carbons (Fsp3) is 0.294. The zero-order valence-corrected chi connectivity index (χ0v) is 15.1. The van der Waals surface area contributed by atoms with E-state index in [1.165, 1.54) is 36.2 Å². The van der Waals surface area contributed by atoms with Gasteiger partial charge in [-0.05, 0) is 55.0 Å². The highest BCUT2D eigenvalue weighted by Gasteiger charge is 2.13. The lowest BCUT2D eigenvalue weighted by molar-refractivity contribution is 0.619. The first kappa shape index (κ1) is 17.7. The molecule has 0 atom stereocenters. The predicted octanol–water partition coefficient (Wildman–Crippen LogP) is 3.64. The summed E-state index contributed by atoms with van der Waals surface area (Å²) < 4.78 is 12.8. The quantitative estimate of drug-likeness (QED) is 0.448. The van der Waals surface area contributed by atoms with E-state index in [-0.39, 0.29) is 29.8 Å². The molecule has 1 aliphatic rings. The number of aromatic nitrogens is 1. The van der Waals surface area contributed by atoms with Gasteiger partial charge in [-0.3, -0.25) is 4.98 Å². The van der Waals surface area contributed by atoms with E-state index in [0.717, 1.165) is 18.5 Å². The monoisotopic (exact) mass is 426 g/mol. The van der Waals surface area contributed by atoms with Crippen LogP contribution in [0.2, 0.25) is 0 Å². The number of nitrogens with one attached hydrogen (secondary N) is 1. The number of nitrogens with two attached hydrogens (primary N) is 1. The van der Waals surface area contributed by atoms with Crippen LogP contribution in [0, 0.1) is 5.82 Å². The summed E-state index contributed by atoms with van der Waals surface area (Å²) in [5, 5.41) is 3.18. The molecule has 3 N–H and O–H groups in total. The van der Waals surface area contributed by atoms with Gasteiger partial charge >= 0.3 is 0 Å². The van der Waals surface area contributed by atoms with Gasteiger partial charge in [0.25, 0.3) is 0 Å². The second-order valence-electron chi connectivity index (χ2n) is 5.44. The van der Waals surface area contributed by atoms with Crippen LogP contribution in [0.5, 0.6) is 0 Å². The van der Waals surface area contributed by atoms with Crippen LogP contribution < -0.4 is 11.1 Å². The molecule has 0 radical (unpaired) electrons. The molecule has 0 aliphatic heterocycles. The van der Waals surface area contributed by atoms with Gasteiger partial charge < -0.3 is 11.1 Å². The second kappa shape index (κ2) is 8.24. The molecule has 0 unspecified atom stereocenters. The summed E-state index contributed by atoms with van der Waals surface area (Å²) in [7, 11) is 0. The molecule has 1 aliphatic carbocycles. The predicted molar refractivity (Wildman–Crippen MR) is 102 cm³/mol. The number of benzene rings is 1. The molecule has 3 rings (SSSR count). The number of anilines is 1. The summed E-state index contributed by atoms with van der Waals surface area (Å²) in [4.78, 5) is 8.23. The third-order valence-corrected chi connectivity index (χ3v) is 3.86. The van der Waals surface area contributed by atoms with Crippen molar-refractivity contribution < 1.29 is 4.39 Å². The molecular formula is C17H20FIN4. The SMILES string of the molecule is I.NC(=NCc1ccc(F)cn1)Nc1cccc2c1CCCC2. The molecule has 0 fully saturated rings. The van der Waals surface area contributed by atoms with E-state index in [1.54, 1.807) is 6.07 Å². The van der Waals surface area contributed by atoms with Gasteiger partial charge in [-0.2, -0.15) is 0 Å². The Kier molecular flexibility index (Phi) is 6.32. The minimum atomic E-state index is -0.352. The second-order valence-corrected chi connectivity index (χ2v) is 5.44. The first-order chi connectivity index (χ1) is 10.7. The average molecular weight is 426 g/mol. The Balaban J connectivity index is 0.00000192. The van der Waals surface area contributed by atoms with Crippen LogP contribution in [-0.4, -0.2) is 10.9 Å².